The van der Waals surface area contributed by atoms with E-state index in [4.69, 9.17) is 0 Å². The number of rotatable bonds is 9. The van der Waals surface area contributed by atoms with Crippen molar-refractivity contribution in [2.75, 3.05) is 7.05 Å². The van der Waals surface area contributed by atoms with E-state index in [2.05, 4.69) is 36.5 Å². The molecule has 4 aliphatic rings. The topological polar surface area (TPSA) is 66.4 Å². The average molecular weight is 504 g/mol. The Labute approximate surface area is 223 Å². The zero-order valence-electron chi connectivity index (χ0n) is 22.9. The zero-order chi connectivity index (χ0) is 26.0. The number of unbranched alkanes of at least 4 members (excludes halogenated alkanes) is 4. The highest BCUT2D eigenvalue weighted by Gasteiger charge is 2.56. The number of amides is 1. The Morgan fingerprint density at radius 1 is 1.00 bits per heavy atom. The minimum absolute atomic E-state index is 0.0123. The summed E-state index contributed by atoms with van der Waals surface area (Å²) in [7, 11) is 1.70. The minimum Gasteiger partial charge on any atom is -0.393 e. The summed E-state index contributed by atoms with van der Waals surface area (Å²) in [5.41, 5.74) is 7.19. The molecule has 0 heterocycles. The number of carbonyl (C=O) groups is 2. The number of hydrogen-bond acceptors (Lipinski definition) is 3. The van der Waals surface area contributed by atoms with Crippen molar-refractivity contribution in [1.29, 1.82) is 0 Å². The van der Waals surface area contributed by atoms with E-state index < -0.39 is 0 Å². The summed E-state index contributed by atoms with van der Waals surface area (Å²) in [5.74, 6) is 1.90. The molecule has 0 spiro atoms. The lowest BCUT2D eigenvalue weighted by Crippen LogP contribution is -2.45. The second-order valence-corrected chi connectivity index (χ2v) is 12.4. The summed E-state index contributed by atoms with van der Waals surface area (Å²) >= 11 is 0. The first kappa shape index (κ1) is 26.4. The van der Waals surface area contributed by atoms with Gasteiger partial charge in [0.2, 0.25) is 5.91 Å². The predicted molar refractivity (Wildman–Crippen MR) is 148 cm³/mol. The van der Waals surface area contributed by atoms with Crippen molar-refractivity contribution in [3.05, 3.63) is 58.2 Å². The molecule has 5 rings (SSSR count). The summed E-state index contributed by atoms with van der Waals surface area (Å²) in [6.45, 7) is 2.35. The number of carbonyl (C=O) groups excluding carboxylic acids is 2. The number of aryl methyl sites for hydroxylation is 1. The molecular formula is C33H45NO3. The third kappa shape index (κ3) is 5.37. The fraction of sp³-hybridized carbons (Fsp3) is 0.636. The Bertz CT molecular complexity index is 1070. The second kappa shape index (κ2) is 11.3. The van der Waals surface area contributed by atoms with Gasteiger partial charge in [0.05, 0.1) is 6.10 Å². The second-order valence-electron chi connectivity index (χ2n) is 12.4. The maximum Gasteiger partial charge on any atom is 0.219 e. The Kier molecular flexibility index (Phi) is 8.04. The molecule has 4 nitrogen and oxygen atoms in total. The van der Waals surface area contributed by atoms with Crippen molar-refractivity contribution in [3.63, 3.8) is 0 Å². The molecule has 200 valence electrons. The van der Waals surface area contributed by atoms with Crippen LogP contribution in [-0.4, -0.2) is 29.9 Å². The van der Waals surface area contributed by atoms with Gasteiger partial charge in [-0.25, -0.2) is 0 Å². The minimum atomic E-state index is -0.202. The summed E-state index contributed by atoms with van der Waals surface area (Å²) < 4.78 is 0. The third-order valence-corrected chi connectivity index (χ3v) is 10.2. The van der Waals surface area contributed by atoms with Crippen LogP contribution in [0.25, 0.3) is 0 Å². The van der Waals surface area contributed by atoms with Crippen molar-refractivity contribution in [3.8, 4) is 0 Å². The molecule has 0 saturated heterocycles. The molecule has 2 N–H and O–H groups in total. The van der Waals surface area contributed by atoms with Crippen molar-refractivity contribution in [1.82, 2.24) is 5.32 Å². The monoisotopic (exact) mass is 503 g/mol. The van der Waals surface area contributed by atoms with E-state index >= 15 is 0 Å². The van der Waals surface area contributed by atoms with Crippen LogP contribution in [0.2, 0.25) is 0 Å². The van der Waals surface area contributed by atoms with E-state index in [-0.39, 0.29) is 17.4 Å². The van der Waals surface area contributed by atoms with Gasteiger partial charge in [-0.05, 0) is 103 Å². The molecule has 2 saturated carbocycles. The molecule has 4 aliphatic carbocycles. The zero-order valence-corrected chi connectivity index (χ0v) is 22.9. The molecule has 1 amide bonds. The van der Waals surface area contributed by atoms with E-state index in [0.29, 0.717) is 36.4 Å². The number of allylic oxidation sites excluding steroid dienone is 4. The normalized spacial score (nSPS) is 30.9. The quantitative estimate of drug-likeness (QED) is 0.374. The lowest BCUT2D eigenvalue weighted by molar-refractivity contribution is -0.120. The number of aliphatic hydroxyl groups is 1. The molecule has 5 atom stereocenters. The van der Waals surface area contributed by atoms with Crippen molar-refractivity contribution in [2.24, 2.45) is 17.3 Å². The molecule has 0 aliphatic heterocycles. The van der Waals surface area contributed by atoms with E-state index in [1.54, 1.807) is 12.6 Å². The maximum absolute atomic E-state index is 12.2. The van der Waals surface area contributed by atoms with Crippen LogP contribution in [0.4, 0.5) is 0 Å². The summed E-state index contributed by atoms with van der Waals surface area (Å²) in [6, 6.07) is 9.35. The molecule has 2 unspecified atom stereocenters. The smallest absolute Gasteiger partial charge is 0.219 e. The van der Waals surface area contributed by atoms with Crippen LogP contribution >= 0.6 is 0 Å². The Hall–Kier alpha value is -2.20. The van der Waals surface area contributed by atoms with Gasteiger partial charge in [-0.2, -0.15) is 0 Å². The fourth-order valence-electron chi connectivity index (χ4n) is 8.12. The number of hydrogen-bond donors (Lipinski definition) is 2. The van der Waals surface area contributed by atoms with Crippen LogP contribution in [0.15, 0.2) is 47.1 Å². The Morgan fingerprint density at radius 2 is 1.76 bits per heavy atom. The van der Waals surface area contributed by atoms with Gasteiger partial charge in [-0.1, -0.05) is 56.0 Å². The Balaban J connectivity index is 1.29. The molecule has 0 radical (unpaired) electrons. The predicted octanol–water partition coefficient (Wildman–Crippen LogP) is 6.58. The third-order valence-electron chi connectivity index (χ3n) is 10.2. The molecule has 2 fully saturated rings. The number of aliphatic hydroxyl groups excluding tert-OH is 1. The van der Waals surface area contributed by atoms with Crippen LogP contribution in [0, 0.1) is 17.3 Å². The number of nitrogens with one attached hydrogen (secondary N) is 1. The van der Waals surface area contributed by atoms with E-state index in [1.165, 1.54) is 41.5 Å². The van der Waals surface area contributed by atoms with Gasteiger partial charge in [0.15, 0.2) is 5.78 Å². The average Bonchev–Trinajstić information content (AvgIpc) is 3.21. The summed E-state index contributed by atoms with van der Waals surface area (Å²) in [5, 5.41) is 13.8. The summed E-state index contributed by atoms with van der Waals surface area (Å²) in [4.78, 5) is 23.5. The first-order valence-corrected chi connectivity index (χ1v) is 14.8. The first-order valence-electron chi connectivity index (χ1n) is 14.8. The van der Waals surface area contributed by atoms with E-state index in [0.717, 1.165) is 57.8 Å². The van der Waals surface area contributed by atoms with Crippen LogP contribution in [0.5, 0.6) is 0 Å². The van der Waals surface area contributed by atoms with Gasteiger partial charge in [0.1, 0.15) is 0 Å². The van der Waals surface area contributed by atoms with Gasteiger partial charge >= 0.3 is 0 Å². The van der Waals surface area contributed by atoms with Crippen LogP contribution in [-0.2, 0) is 16.0 Å². The maximum atomic E-state index is 12.2. The largest absolute Gasteiger partial charge is 0.393 e. The van der Waals surface area contributed by atoms with Crippen molar-refractivity contribution in [2.45, 2.75) is 109 Å². The lowest BCUT2D eigenvalue weighted by Gasteiger charge is -2.52. The molecule has 0 aromatic heterocycles. The van der Waals surface area contributed by atoms with E-state index in [9.17, 15) is 14.7 Å². The van der Waals surface area contributed by atoms with Gasteiger partial charge in [0.25, 0.3) is 0 Å². The number of benzene rings is 1. The van der Waals surface area contributed by atoms with Crippen molar-refractivity contribution >= 4 is 11.7 Å². The lowest BCUT2D eigenvalue weighted by atomic mass is 9.53. The van der Waals surface area contributed by atoms with Crippen LogP contribution in [0.3, 0.4) is 0 Å². The molecule has 1 aromatic carbocycles. The highest BCUT2D eigenvalue weighted by molar-refractivity contribution is 5.93. The van der Waals surface area contributed by atoms with E-state index in [1.807, 2.05) is 6.08 Å². The molecular weight excluding hydrogens is 458 g/mol. The molecule has 0 bridgehead atoms. The highest BCUT2D eigenvalue weighted by atomic mass is 16.3. The standard InChI is InChI=1S/C33H45NO3/c1-33-21-28(23-12-10-22(11-13-23)8-6-4-3-5-7-9-31(37)34-2)32-26-17-15-25(35)20-24(26)14-16-27(32)29(33)18-19-30(33)36/h10-13,20,27-30,36H,3-9,14-19,21H2,1-2H3,(H,34,37)/t27?,28-,29?,30+,33+/m1/s1. The van der Waals surface area contributed by atoms with Gasteiger partial charge in [0, 0.05) is 25.8 Å². The molecule has 1 aromatic rings. The van der Waals surface area contributed by atoms with Crippen molar-refractivity contribution < 1.29 is 14.7 Å². The Morgan fingerprint density at radius 3 is 2.54 bits per heavy atom. The number of ketones is 1. The SMILES string of the molecule is CNC(=O)CCCCCCCc1ccc([C@H]2C[C@@]3(C)C(CC[C@@H]3O)C3CCC4=CC(=O)CCC4=C32)cc1. The highest BCUT2D eigenvalue weighted by Crippen LogP contribution is 2.63. The van der Waals surface area contributed by atoms with Gasteiger partial charge in [-0.15, -0.1) is 0 Å². The molecule has 4 heteroatoms. The van der Waals surface area contributed by atoms with Crippen LogP contribution in [0.1, 0.15) is 107 Å². The summed E-state index contributed by atoms with van der Waals surface area (Å²) in [6.07, 6.45) is 16.0. The number of fused-ring (bicyclic) bond motifs is 4. The fourth-order valence-corrected chi connectivity index (χ4v) is 8.12. The van der Waals surface area contributed by atoms with Crippen LogP contribution < -0.4 is 5.32 Å². The molecule has 37 heavy (non-hydrogen) atoms. The van der Waals surface area contributed by atoms with Gasteiger partial charge in [-0.3, -0.25) is 9.59 Å². The van der Waals surface area contributed by atoms with Gasteiger partial charge < -0.3 is 10.4 Å². The first-order chi connectivity index (χ1) is 17.9.